The summed E-state index contributed by atoms with van der Waals surface area (Å²) in [6.07, 6.45) is 24.7. The molecule has 4 atom stereocenters. The van der Waals surface area contributed by atoms with E-state index in [4.69, 9.17) is 18.9 Å². The Balaban J connectivity index is 0.000000121. The third-order valence-electron chi connectivity index (χ3n) is 23.2. The number of benzene rings is 4. The van der Waals surface area contributed by atoms with Crippen molar-refractivity contribution in [1.82, 2.24) is 57.8 Å². The van der Waals surface area contributed by atoms with Crippen molar-refractivity contribution in [2.24, 2.45) is 5.92 Å². The first-order valence-electron chi connectivity index (χ1n) is 40.3. The number of likely N-dealkylation sites (N-methyl/N-ethyl adjacent to an activating group) is 4. The quantitative estimate of drug-likeness (QED) is 0.0642. The van der Waals surface area contributed by atoms with Gasteiger partial charge in [-0.15, -0.1) is 0 Å². The van der Waals surface area contributed by atoms with Gasteiger partial charge in [-0.3, -0.25) is 19.9 Å². The SMILES string of the molecule is CCCOC(Cn1c2c(c3cc(C)ccc31)CN(C)CC2)c1ccncc1.CCOC(Cn1c2c(c3cc(C)ccc31)CN(C)CC2)c1ccncc1.Cc1ccc2c(c1)c1c(n2CC(OC(C)C)c2ccncc2)CCN(C)C1.Cc1ccc2c(c1)c1c(n2CC(OCC2CCC2)c2ccncc2)CCN(C)C1. The van der Waals surface area contributed by atoms with Gasteiger partial charge >= 0.3 is 0 Å². The van der Waals surface area contributed by atoms with E-state index in [-0.39, 0.29) is 30.5 Å². The van der Waals surface area contributed by atoms with Gasteiger partial charge in [0.15, 0.2) is 0 Å². The first kappa shape index (κ1) is 77.1. The molecule has 109 heavy (non-hydrogen) atoms. The molecule has 16 nitrogen and oxygen atoms in total. The Bertz CT molecular complexity index is 4980. The Labute approximate surface area is 647 Å². The molecular weight excluding hydrogens is 1350 g/mol. The van der Waals surface area contributed by atoms with Gasteiger partial charge in [-0.05, 0) is 243 Å². The third-order valence-corrected chi connectivity index (χ3v) is 23.2. The van der Waals surface area contributed by atoms with E-state index in [1.807, 2.05) is 49.6 Å². The molecular formula is C93H116N12O4. The van der Waals surface area contributed by atoms with Crippen molar-refractivity contribution in [3.8, 4) is 0 Å². The second-order valence-electron chi connectivity index (χ2n) is 31.9. The van der Waals surface area contributed by atoms with Crippen LogP contribution < -0.4 is 0 Å². The Morgan fingerprint density at radius 1 is 0.376 bits per heavy atom. The highest BCUT2D eigenvalue weighted by Crippen LogP contribution is 2.40. The van der Waals surface area contributed by atoms with Crippen LogP contribution in [0.1, 0.15) is 167 Å². The molecule has 0 N–H and O–H groups in total. The second-order valence-corrected chi connectivity index (χ2v) is 31.9. The summed E-state index contributed by atoms with van der Waals surface area (Å²) in [4.78, 5) is 26.4. The standard InChI is InChI=1S/C25H31N3O.2C23H29N3O.C22H27N3O/c1-18-6-7-23-21(14-18)22-15-27(2)13-10-24(22)28(23)16-25(20-8-11-26-12-9-20)29-17-19-4-3-5-19;1-16(2)27-23(18-7-10-24-11-8-18)15-26-21-6-5-17(3)13-19(21)20-14-25(4)12-9-22(20)26;1-4-13-27-23(18-7-10-24-11-8-18)16-26-21-6-5-17(2)14-19(21)20-15-25(3)12-9-22(20)26;1-4-26-22(17-7-10-23-11-8-17)15-25-20-6-5-16(2)13-18(20)19-14-24(3)12-9-21(19)25/h6-9,11-12,14,19,25H,3-5,10,13,15-17H2,1-2H3;5-8,10-11,13,16,23H,9,12,14-15H2,1-4H3;5-8,10-11,14,23H,4,9,12-13,15-16H2,1-3H3;5-8,10-11,13,22H,4,9,12,14-15H2,1-3H3. The Morgan fingerprint density at radius 3 is 0.954 bits per heavy atom. The molecule has 4 aromatic carbocycles. The normalized spacial score (nSPS) is 16.6. The Hall–Kier alpha value is -8.68. The van der Waals surface area contributed by atoms with Crippen molar-refractivity contribution in [3.05, 3.63) is 260 Å². The number of hydrogen-bond acceptors (Lipinski definition) is 12. The van der Waals surface area contributed by atoms with E-state index >= 15 is 0 Å². The molecule has 0 bridgehead atoms. The summed E-state index contributed by atoms with van der Waals surface area (Å²) < 4.78 is 35.3. The van der Waals surface area contributed by atoms with Crippen LogP contribution in [0.3, 0.4) is 0 Å². The molecule has 8 aromatic heterocycles. The maximum Gasteiger partial charge on any atom is 0.101 e. The Kier molecular flexibility index (Phi) is 25.1. The van der Waals surface area contributed by atoms with Crippen LogP contribution in [-0.4, -0.2) is 138 Å². The van der Waals surface area contributed by atoms with E-state index in [2.05, 4.69) is 263 Å². The first-order chi connectivity index (χ1) is 53.0. The molecule has 572 valence electrons. The molecule has 0 radical (unpaired) electrons. The van der Waals surface area contributed by atoms with Gasteiger partial charge in [0.25, 0.3) is 0 Å². The zero-order valence-corrected chi connectivity index (χ0v) is 66.9. The summed E-state index contributed by atoms with van der Waals surface area (Å²) in [5, 5.41) is 5.62. The van der Waals surface area contributed by atoms with Crippen LogP contribution >= 0.6 is 0 Å². The average Bonchev–Trinajstić information content (AvgIpc) is 1.63. The van der Waals surface area contributed by atoms with Gasteiger partial charge in [0.2, 0.25) is 0 Å². The summed E-state index contributed by atoms with van der Waals surface area (Å²) in [6.45, 7) is 31.5. The predicted octanol–water partition coefficient (Wildman–Crippen LogP) is 18.0. The van der Waals surface area contributed by atoms with Gasteiger partial charge in [-0.2, -0.15) is 0 Å². The highest BCUT2D eigenvalue weighted by Gasteiger charge is 2.31. The molecule has 5 aliphatic rings. The maximum atomic E-state index is 6.53. The summed E-state index contributed by atoms with van der Waals surface area (Å²) in [7, 11) is 8.86. The molecule has 4 aliphatic heterocycles. The maximum absolute atomic E-state index is 6.53. The van der Waals surface area contributed by atoms with Crippen molar-refractivity contribution >= 4 is 43.6 Å². The van der Waals surface area contributed by atoms with Gasteiger partial charge in [-0.1, -0.05) is 59.9 Å². The fourth-order valence-corrected chi connectivity index (χ4v) is 17.3. The number of nitrogens with zero attached hydrogens (tertiary/aromatic N) is 12. The Morgan fingerprint density at radius 2 is 0.670 bits per heavy atom. The second kappa shape index (κ2) is 35.6. The summed E-state index contributed by atoms with van der Waals surface area (Å²) >= 11 is 0. The van der Waals surface area contributed by atoms with Gasteiger partial charge in [0.1, 0.15) is 24.4 Å². The lowest BCUT2D eigenvalue weighted by molar-refractivity contribution is -0.00313. The minimum absolute atomic E-state index is 0.0219. The molecule has 16 heteroatoms. The van der Waals surface area contributed by atoms with Crippen LogP contribution in [0.25, 0.3) is 43.6 Å². The molecule has 1 saturated carbocycles. The molecule has 0 amide bonds. The monoisotopic (exact) mass is 1460 g/mol. The van der Waals surface area contributed by atoms with Crippen molar-refractivity contribution in [2.45, 2.75) is 190 Å². The number of pyridine rings is 4. The summed E-state index contributed by atoms with van der Waals surface area (Å²) in [6, 6.07) is 44.1. The highest BCUT2D eigenvalue weighted by atomic mass is 16.5. The molecule has 0 spiro atoms. The van der Waals surface area contributed by atoms with E-state index in [0.29, 0.717) is 6.61 Å². The molecule has 17 rings (SSSR count). The van der Waals surface area contributed by atoms with E-state index in [9.17, 15) is 0 Å². The number of rotatable bonds is 22. The lowest BCUT2D eigenvalue weighted by Crippen LogP contribution is -2.28. The molecule has 1 fully saturated rings. The first-order valence-corrected chi connectivity index (χ1v) is 40.3. The van der Waals surface area contributed by atoms with E-state index in [0.717, 1.165) is 130 Å². The number of ether oxygens (including phenoxy) is 4. The number of fused-ring (bicyclic) bond motifs is 12. The van der Waals surface area contributed by atoms with Crippen LogP contribution in [0, 0.1) is 33.6 Å². The number of aromatic nitrogens is 8. The molecule has 1 aliphatic carbocycles. The highest BCUT2D eigenvalue weighted by molar-refractivity contribution is 5.89. The molecule has 0 saturated heterocycles. The van der Waals surface area contributed by atoms with Crippen molar-refractivity contribution in [1.29, 1.82) is 0 Å². The third kappa shape index (κ3) is 17.9. The number of hydrogen-bond donors (Lipinski definition) is 0. The van der Waals surface area contributed by atoms with Gasteiger partial charge < -0.3 is 56.8 Å². The molecule has 12 aromatic rings. The van der Waals surface area contributed by atoms with Crippen LogP contribution in [0.2, 0.25) is 0 Å². The predicted molar refractivity (Wildman–Crippen MR) is 442 cm³/mol. The smallest absolute Gasteiger partial charge is 0.101 e. The van der Waals surface area contributed by atoms with Crippen LogP contribution in [0.5, 0.6) is 0 Å². The number of aryl methyl sites for hydroxylation is 4. The van der Waals surface area contributed by atoms with Crippen molar-refractivity contribution in [2.75, 3.05) is 74.2 Å². The topological polar surface area (TPSA) is 121 Å². The van der Waals surface area contributed by atoms with Gasteiger partial charge in [-0.25, -0.2) is 0 Å². The summed E-state index contributed by atoms with van der Waals surface area (Å²) in [5.41, 5.74) is 27.3. The van der Waals surface area contributed by atoms with Crippen LogP contribution in [-0.2, 0) is 97.0 Å². The zero-order chi connectivity index (χ0) is 75.7. The van der Waals surface area contributed by atoms with Crippen LogP contribution in [0.4, 0.5) is 0 Å². The van der Waals surface area contributed by atoms with Gasteiger partial charge in [0, 0.05) is 207 Å². The van der Waals surface area contributed by atoms with Gasteiger partial charge in [0.05, 0.1) is 38.9 Å². The van der Waals surface area contributed by atoms with E-state index in [1.54, 1.807) is 0 Å². The minimum Gasteiger partial charge on any atom is -0.372 e. The minimum atomic E-state index is 0.0219. The fourth-order valence-electron chi connectivity index (χ4n) is 17.3. The van der Waals surface area contributed by atoms with Crippen LogP contribution in [0.15, 0.2) is 171 Å². The molecule has 4 unspecified atom stereocenters. The molecule has 12 heterocycles. The van der Waals surface area contributed by atoms with Crippen molar-refractivity contribution < 1.29 is 18.9 Å². The lowest BCUT2D eigenvalue weighted by Gasteiger charge is -2.29. The average molecular weight is 1470 g/mol. The zero-order valence-electron chi connectivity index (χ0n) is 66.9. The fraction of sp³-hybridized carbons (Fsp3) is 0.441. The van der Waals surface area contributed by atoms with E-state index < -0.39 is 0 Å². The van der Waals surface area contributed by atoms with E-state index in [1.165, 1.54) is 152 Å². The largest absolute Gasteiger partial charge is 0.372 e. The lowest BCUT2D eigenvalue weighted by atomic mass is 9.86. The van der Waals surface area contributed by atoms with Crippen molar-refractivity contribution in [3.63, 3.8) is 0 Å². The summed E-state index contributed by atoms with van der Waals surface area (Å²) in [5.74, 6) is 0.742.